The smallest absolute Gasteiger partial charge is 0.273 e. The van der Waals surface area contributed by atoms with Gasteiger partial charge < -0.3 is 14.8 Å². The van der Waals surface area contributed by atoms with Crippen molar-refractivity contribution in [2.24, 2.45) is 0 Å². The Morgan fingerprint density at radius 2 is 1.85 bits per heavy atom. The molecule has 0 aliphatic carbocycles. The van der Waals surface area contributed by atoms with Crippen molar-refractivity contribution in [2.75, 3.05) is 6.79 Å². The van der Waals surface area contributed by atoms with Crippen molar-refractivity contribution in [2.45, 2.75) is 13.1 Å². The first-order chi connectivity index (χ1) is 12.6. The number of aromatic amines is 1. The van der Waals surface area contributed by atoms with Crippen LogP contribution in [0.1, 0.15) is 5.56 Å². The van der Waals surface area contributed by atoms with E-state index in [0.29, 0.717) is 16.9 Å². The van der Waals surface area contributed by atoms with Gasteiger partial charge >= 0.3 is 0 Å². The van der Waals surface area contributed by atoms with Crippen LogP contribution in [0.4, 0.5) is 0 Å². The third-order valence-electron chi connectivity index (χ3n) is 4.11. The Hall–Kier alpha value is -3.55. The second-order valence-corrected chi connectivity index (χ2v) is 5.84. The number of carbonyl (C=O) groups excluding carboxylic acids is 1. The fourth-order valence-corrected chi connectivity index (χ4v) is 2.81. The lowest BCUT2D eigenvalue weighted by Gasteiger charge is -2.09. The zero-order chi connectivity index (χ0) is 18.1. The molecule has 0 unspecified atom stereocenters. The van der Waals surface area contributed by atoms with Gasteiger partial charge in [-0.05, 0) is 29.8 Å². The summed E-state index contributed by atoms with van der Waals surface area (Å²) in [5.41, 5.74) is 0.00384. The van der Waals surface area contributed by atoms with Gasteiger partial charge in [-0.15, -0.1) is 0 Å². The van der Waals surface area contributed by atoms with Gasteiger partial charge in [0.2, 0.25) is 12.7 Å². The third kappa shape index (κ3) is 2.92. The van der Waals surface area contributed by atoms with Crippen LogP contribution in [0.25, 0.3) is 10.8 Å². The summed E-state index contributed by atoms with van der Waals surface area (Å²) in [6.07, 6.45) is 0. The van der Waals surface area contributed by atoms with Gasteiger partial charge in [-0.1, -0.05) is 18.2 Å². The highest BCUT2D eigenvalue weighted by Crippen LogP contribution is 2.32. The number of hydrogen-bond acceptors (Lipinski definition) is 5. The number of hydrogen-bond donors (Lipinski definition) is 2. The lowest BCUT2D eigenvalue weighted by molar-refractivity contribution is -0.122. The molecule has 8 nitrogen and oxygen atoms in total. The van der Waals surface area contributed by atoms with Crippen LogP contribution in [0.15, 0.2) is 52.1 Å². The molecule has 3 aromatic rings. The molecular formula is C18H15N3O5. The number of aromatic nitrogens is 2. The summed E-state index contributed by atoms with van der Waals surface area (Å²) >= 11 is 0. The van der Waals surface area contributed by atoms with E-state index in [1.54, 1.807) is 36.4 Å². The molecule has 1 aliphatic rings. The molecule has 8 heteroatoms. The van der Waals surface area contributed by atoms with Gasteiger partial charge in [0.25, 0.3) is 11.1 Å². The summed E-state index contributed by atoms with van der Waals surface area (Å²) in [5.74, 6) is 0.905. The van der Waals surface area contributed by atoms with Crippen molar-refractivity contribution in [3.8, 4) is 11.5 Å². The van der Waals surface area contributed by atoms with Crippen LogP contribution in [0.2, 0.25) is 0 Å². The SMILES string of the molecule is O=C(Cn1[nH]c(=O)c2ccccc2c1=O)NCc1ccc2c(c1)OCO2. The second-order valence-electron chi connectivity index (χ2n) is 5.84. The normalized spacial score (nSPS) is 12.3. The Morgan fingerprint density at radius 3 is 2.69 bits per heavy atom. The molecular weight excluding hydrogens is 338 g/mol. The maximum atomic E-state index is 12.4. The molecule has 2 heterocycles. The zero-order valence-corrected chi connectivity index (χ0v) is 13.7. The number of amides is 1. The van der Waals surface area contributed by atoms with E-state index in [4.69, 9.17) is 9.47 Å². The predicted molar refractivity (Wildman–Crippen MR) is 93.2 cm³/mol. The number of ether oxygens (including phenoxy) is 2. The van der Waals surface area contributed by atoms with Gasteiger partial charge in [-0.2, -0.15) is 0 Å². The fourth-order valence-electron chi connectivity index (χ4n) is 2.81. The van der Waals surface area contributed by atoms with E-state index in [0.717, 1.165) is 10.2 Å². The Balaban J connectivity index is 1.48. The average Bonchev–Trinajstić information content (AvgIpc) is 3.12. The highest BCUT2D eigenvalue weighted by atomic mass is 16.7. The summed E-state index contributed by atoms with van der Waals surface area (Å²) in [6, 6.07) is 11.9. The van der Waals surface area contributed by atoms with Crippen molar-refractivity contribution in [3.05, 3.63) is 68.7 Å². The van der Waals surface area contributed by atoms with E-state index in [1.807, 2.05) is 6.07 Å². The Bertz CT molecular complexity index is 1120. The highest BCUT2D eigenvalue weighted by Gasteiger charge is 2.14. The van der Waals surface area contributed by atoms with Gasteiger partial charge in [-0.3, -0.25) is 19.5 Å². The van der Waals surface area contributed by atoms with E-state index in [1.165, 1.54) is 0 Å². The van der Waals surface area contributed by atoms with Crippen molar-refractivity contribution >= 4 is 16.7 Å². The molecule has 1 amide bonds. The summed E-state index contributed by atoms with van der Waals surface area (Å²) < 4.78 is 11.5. The van der Waals surface area contributed by atoms with E-state index in [2.05, 4.69) is 10.4 Å². The maximum Gasteiger partial charge on any atom is 0.273 e. The fraction of sp³-hybridized carbons (Fsp3) is 0.167. The van der Waals surface area contributed by atoms with Crippen molar-refractivity contribution in [1.29, 1.82) is 0 Å². The zero-order valence-electron chi connectivity index (χ0n) is 13.7. The van der Waals surface area contributed by atoms with Gasteiger partial charge in [0.15, 0.2) is 11.5 Å². The Morgan fingerprint density at radius 1 is 1.08 bits per heavy atom. The van der Waals surface area contributed by atoms with Crippen LogP contribution in [0.3, 0.4) is 0 Å². The van der Waals surface area contributed by atoms with E-state index < -0.39 is 17.0 Å². The third-order valence-corrected chi connectivity index (χ3v) is 4.11. The molecule has 1 aliphatic heterocycles. The number of rotatable bonds is 4. The number of H-pyrrole nitrogens is 1. The van der Waals surface area contributed by atoms with E-state index in [9.17, 15) is 14.4 Å². The molecule has 0 atom stereocenters. The summed E-state index contributed by atoms with van der Waals surface area (Å²) in [4.78, 5) is 36.6. The molecule has 132 valence electrons. The molecule has 1 aromatic heterocycles. The van der Waals surface area contributed by atoms with Crippen LogP contribution in [0.5, 0.6) is 11.5 Å². The standard InChI is InChI=1S/C18H15N3O5/c22-16(19-8-11-5-6-14-15(7-11)26-10-25-14)9-21-18(24)13-4-2-1-3-12(13)17(23)20-21/h1-7H,8-10H2,(H,19,22)(H,20,23). The first-order valence-electron chi connectivity index (χ1n) is 7.99. The number of benzene rings is 2. The summed E-state index contributed by atoms with van der Waals surface area (Å²) in [7, 11) is 0. The minimum absolute atomic E-state index is 0.184. The molecule has 2 aromatic carbocycles. The predicted octanol–water partition coefficient (Wildman–Crippen LogP) is 0.735. The quantitative estimate of drug-likeness (QED) is 0.720. The molecule has 0 saturated heterocycles. The molecule has 0 radical (unpaired) electrons. The van der Waals surface area contributed by atoms with Crippen molar-refractivity contribution in [1.82, 2.24) is 15.1 Å². The van der Waals surface area contributed by atoms with Crippen LogP contribution in [-0.4, -0.2) is 22.5 Å². The molecule has 0 bridgehead atoms. The van der Waals surface area contributed by atoms with Gasteiger partial charge in [0, 0.05) is 6.54 Å². The van der Waals surface area contributed by atoms with Crippen molar-refractivity contribution in [3.63, 3.8) is 0 Å². The van der Waals surface area contributed by atoms with Crippen LogP contribution in [0, 0.1) is 0 Å². The second kappa shape index (κ2) is 6.40. The summed E-state index contributed by atoms with van der Waals surface area (Å²) in [6.45, 7) is 0.175. The minimum atomic E-state index is -0.418. The molecule has 0 spiro atoms. The first-order valence-corrected chi connectivity index (χ1v) is 7.99. The Labute approximate surface area is 147 Å². The number of fused-ring (bicyclic) bond motifs is 2. The Kier molecular flexibility index (Phi) is 3.92. The monoisotopic (exact) mass is 353 g/mol. The minimum Gasteiger partial charge on any atom is -0.454 e. The van der Waals surface area contributed by atoms with E-state index >= 15 is 0 Å². The molecule has 4 rings (SSSR count). The first kappa shape index (κ1) is 15.9. The van der Waals surface area contributed by atoms with Gasteiger partial charge in [0.1, 0.15) is 6.54 Å². The highest BCUT2D eigenvalue weighted by molar-refractivity contribution is 5.81. The van der Waals surface area contributed by atoms with Crippen LogP contribution in [-0.2, 0) is 17.9 Å². The van der Waals surface area contributed by atoms with E-state index in [-0.39, 0.29) is 25.3 Å². The number of nitrogens with one attached hydrogen (secondary N) is 2. The molecule has 26 heavy (non-hydrogen) atoms. The van der Waals surface area contributed by atoms with Gasteiger partial charge in [0.05, 0.1) is 10.8 Å². The van der Waals surface area contributed by atoms with Crippen LogP contribution >= 0.6 is 0 Å². The molecule has 0 saturated carbocycles. The molecule has 0 fully saturated rings. The largest absolute Gasteiger partial charge is 0.454 e. The number of carbonyl (C=O) groups is 1. The van der Waals surface area contributed by atoms with Gasteiger partial charge in [-0.25, -0.2) is 4.68 Å². The number of nitrogens with zero attached hydrogens (tertiary/aromatic N) is 1. The topological polar surface area (TPSA) is 102 Å². The molecule has 2 N–H and O–H groups in total. The maximum absolute atomic E-state index is 12.4. The van der Waals surface area contributed by atoms with Crippen molar-refractivity contribution < 1.29 is 14.3 Å². The average molecular weight is 353 g/mol. The lowest BCUT2D eigenvalue weighted by atomic mass is 10.2. The van der Waals surface area contributed by atoms with Crippen LogP contribution < -0.4 is 25.9 Å². The lowest BCUT2D eigenvalue weighted by Crippen LogP contribution is -2.36. The summed E-state index contributed by atoms with van der Waals surface area (Å²) in [5, 5.41) is 5.73.